The second-order valence-electron chi connectivity index (χ2n) is 4.12. The van der Waals surface area contributed by atoms with Crippen LogP contribution in [0.5, 0.6) is 0 Å². The van der Waals surface area contributed by atoms with E-state index in [0.717, 1.165) is 18.3 Å². The molecule has 0 bridgehead atoms. The third kappa shape index (κ3) is 2.67. The lowest BCUT2D eigenvalue weighted by Crippen LogP contribution is -2.08. The molecule has 0 amide bonds. The van der Waals surface area contributed by atoms with Gasteiger partial charge in [0.1, 0.15) is 11.6 Å². The highest BCUT2D eigenvalue weighted by Gasteiger charge is 2.12. The monoisotopic (exact) mass is 251 g/mol. The minimum Gasteiger partial charge on any atom is -0.376 e. The first-order valence-corrected chi connectivity index (χ1v) is 5.84. The fraction of sp³-hybridized carbons (Fsp3) is 0.308. The molecule has 0 aliphatic heterocycles. The Morgan fingerprint density at radius 1 is 1.39 bits per heavy atom. The van der Waals surface area contributed by atoms with E-state index < -0.39 is 11.6 Å². The highest BCUT2D eigenvalue weighted by Crippen LogP contribution is 2.21. The van der Waals surface area contributed by atoms with Gasteiger partial charge in [0.05, 0.1) is 17.9 Å². The second-order valence-corrected chi connectivity index (χ2v) is 4.12. The SMILES string of the molecule is CCn1cc(NC(C)c2ccc(F)cc2F)cn1. The van der Waals surface area contributed by atoms with E-state index in [1.165, 1.54) is 12.1 Å². The predicted molar refractivity (Wildman–Crippen MR) is 66.3 cm³/mol. The van der Waals surface area contributed by atoms with Gasteiger partial charge in [-0.2, -0.15) is 5.10 Å². The Kier molecular flexibility index (Phi) is 3.60. The number of benzene rings is 1. The minimum absolute atomic E-state index is 0.250. The fourth-order valence-corrected chi connectivity index (χ4v) is 1.79. The molecule has 0 saturated carbocycles. The Morgan fingerprint density at radius 3 is 2.78 bits per heavy atom. The zero-order chi connectivity index (χ0) is 13.1. The van der Waals surface area contributed by atoms with E-state index >= 15 is 0 Å². The van der Waals surface area contributed by atoms with Crippen molar-refractivity contribution in [1.82, 2.24) is 9.78 Å². The van der Waals surface area contributed by atoms with Crippen molar-refractivity contribution >= 4 is 5.69 Å². The van der Waals surface area contributed by atoms with Gasteiger partial charge in [-0.3, -0.25) is 4.68 Å². The van der Waals surface area contributed by atoms with Gasteiger partial charge in [0.15, 0.2) is 0 Å². The zero-order valence-electron chi connectivity index (χ0n) is 10.3. The molecule has 0 aliphatic carbocycles. The first kappa shape index (κ1) is 12.5. The molecule has 0 spiro atoms. The molecule has 0 fully saturated rings. The first-order chi connectivity index (χ1) is 8.60. The number of aryl methyl sites for hydroxylation is 1. The molecule has 0 aliphatic rings. The molecule has 1 heterocycles. The summed E-state index contributed by atoms with van der Waals surface area (Å²) in [5.74, 6) is -1.11. The van der Waals surface area contributed by atoms with E-state index in [2.05, 4.69) is 10.4 Å². The molecule has 2 rings (SSSR count). The van der Waals surface area contributed by atoms with E-state index in [0.29, 0.717) is 5.56 Å². The van der Waals surface area contributed by atoms with Gasteiger partial charge in [0.2, 0.25) is 0 Å². The van der Waals surface area contributed by atoms with Crippen molar-refractivity contribution in [2.24, 2.45) is 0 Å². The highest BCUT2D eigenvalue weighted by atomic mass is 19.1. The van der Waals surface area contributed by atoms with Crippen molar-refractivity contribution in [3.63, 3.8) is 0 Å². The summed E-state index contributed by atoms with van der Waals surface area (Å²) in [6.07, 6.45) is 3.53. The molecule has 96 valence electrons. The molecule has 3 nitrogen and oxygen atoms in total. The van der Waals surface area contributed by atoms with E-state index in [4.69, 9.17) is 0 Å². The Hall–Kier alpha value is -1.91. The average Bonchev–Trinajstić information content (AvgIpc) is 2.76. The third-order valence-corrected chi connectivity index (χ3v) is 2.77. The Morgan fingerprint density at radius 2 is 2.17 bits per heavy atom. The Balaban J connectivity index is 2.13. The lowest BCUT2D eigenvalue weighted by atomic mass is 10.1. The summed E-state index contributed by atoms with van der Waals surface area (Å²) in [6, 6.07) is 3.35. The van der Waals surface area contributed by atoms with E-state index in [1.54, 1.807) is 10.9 Å². The van der Waals surface area contributed by atoms with Crippen LogP contribution in [0.15, 0.2) is 30.6 Å². The Bertz CT molecular complexity index is 537. The van der Waals surface area contributed by atoms with Crippen molar-refractivity contribution in [3.8, 4) is 0 Å². The van der Waals surface area contributed by atoms with Crippen LogP contribution in [0.4, 0.5) is 14.5 Å². The standard InChI is InChI=1S/C13H15F2N3/c1-3-18-8-11(7-16-18)17-9(2)12-5-4-10(14)6-13(12)15/h4-9,17H,3H2,1-2H3. The minimum atomic E-state index is -0.567. The zero-order valence-corrected chi connectivity index (χ0v) is 10.3. The quantitative estimate of drug-likeness (QED) is 0.903. The van der Waals surface area contributed by atoms with Crippen LogP contribution >= 0.6 is 0 Å². The van der Waals surface area contributed by atoms with Gasteiger partial charge in [0, 0.05) is 24.4 Å². The number of aromatic nitrogens is 2. The summed E-state index contributed by atoms with van der Waals surface area (Å²) in [5.41, 5.74) is 1.24. The lowest BCUT2D eigenvalue weighted by molar-refractivity contribution is 0.566. The summed E-state index contributed by atoms with van der Waals surface area (Å²) in [5, 5.41) is 7.25. The van der Waals surface area contributed by atoms with Crippen LogP contribution in [0.1, 0.15) is 25.5 Å². The summed E-state index contributed by atoms with van der Waals surface area (Å²) in [4.78, 5) is 0. The number of nitrogens with zero attached hydrogens (tertiary/aromatic N) is 2. The molecule has 1 atom stereocenters. The molecule has 1 aromatic carbocycles. The fourth-order valence-electron chi connectivity index (χ4n) is 1.79. The van der Waals surface area contributed by atoms with Crippen LogP contribution < -0.4 is 5.32 Å². The van der Waals surface area contributed by atoms with E-state index in [9.17, 15) is 8.78 Å². The smallest absolute Gasteiger partial charge is 0.131 e. The number of rotatable bonds is 4. The number of hydrogen-bond donors (Lipinski definition) is 1. The first-order valence-electron chi connectivity index (χ1n) is 5.84. The average molecular weight is 251 g/mol. The summed E-state index contributed by atoms with van der Waals surface area (Å²) in [7, 11) is 0. The predicted octanol–water partition coefficient (Wildman–Crippen LogP) is 3.35. The largest absolute Gasteiger partial charge is 0.376 e. The van der Waals surface area contributed by atoms with Gasteiger partial charge in [-0.15, -0.1) is 0 Å². The summed E-state index contributed by atoms with van der Waals surface area (Å²) < 4.78 is 28.2. The van der Waals surface area contributed by atoms with Gasteiger partial charge in [-0.25, -0.2) is 8.78 Å². The maximum absolute atomic E-state index is 13.6. The molecule has 18 heavy (non-hydrogen) atoms. The molecular weight excluding hydrogens is 236 g/mol. The van der Waals surface area contributed by atoms with Crippen LogP contribution in [0.2, 0.25) is 0 Å². The van der Waals surface area contributed by atoms with Crippen LogP contribution in [0.25, 0.3) is 0 Å². The number of nitrogens with one attached hydrogen (secondary N) is 1. The van der Waals surface area contributed by atoms with Crippen molar-refractivity contribution in [3.05, 3.63) is 47.8 Å². The summed E-state index contributed by atoms with van der Waals surface area (Å²) in [6.45, 7) is 4.58. The van der Waals surface area contributed by atoms with Crippen molar-refractivity contribution in [2.45, 2.75) is 26.4 Å². The maximum Gasteiger partial charge on any atom is 0.131 e. The molecule has 0 radical (unpaired) electrons. The molecule has 1 aromatic heterocycles. The number of anilines is 1. The maximum atomic E-state index is 13.6. The van der Waals surface area contributed by atoms with Crippen molar-refractivity contribution in [1.29, 1.82) is 0 Å². The van der Waals surface area contributed by atoms with Gasteiger partial charge < -0.3 is 5.32 Å². The molecular formula is C13H15F2N3. The number of hydrogen-bond acceptors (Lipinski definition) is 2. The van der Waals surface area contributed by atoms with Gasteiger partial charge in [0.25, 0.3) is 0 Å². The molecule has 1 N–H and O–H groups in total. The highest BCUT2D eigenvalue weighted by molar-refractivity contribution is 5.41. The Labute approximate surface area is 104 Å². The second kappa shape index (κ2) is 5.16. The summed E-state index contributed by atoms with van der Waals surface area (Å²) >= 11 is 0. The van der Waals surface area contributed by atoms with E-state index in [1.807, 2.05) is 20.0 Å². The molecule has 2 aromatic rings. The lowest BCUT2D eigenvalue weighted by Gasteiger charge is -2.14. The van der Waals surface area contributed by atoms with Crippen LogP contribution in [0.3, 0.4) is 0 Å². The van der Waals surface area contributed by atoms with Crippen LogP contribution in [0, 0.1) is 11.6 Å². The topological polar surface area (TPSA) is 29.9 Å². The number of halogens is 2. The van der Waals surface area contributed by atoms with E-state index in [-0.39, 0.29) is 6.04 Å². The van der Waals surface area contributed by atoms with Gasteiger partial charge >= 0.3 is 0 Å². The van der Waals surface area contributed by atoms with Crippen LogP contribution in [-0.2, 0) is 6.54 Å². The molecule has 0 saturated heterocycles. The van der Waals surface area contributed by atoms with Gasteiger partial charge in [-0.05, 0) is 19.9 Å². The normalized spacial score (nSPS) is 12.4. The van der Waals surface area contributed by atoms with Crippen molar-refractivity contribution in [2.75, 3.05) is 5.32 Å². The van der Waals surface area contributed by atoms with Gasteiger partial charge in [-0.1, -0.05) is 6.07 Å². The molecule has 1 unspecified atom stereocenters. The van der Waals surface area contributed by atoms with Crippen LogP contribution in [-0.4, -0.2) is 9.78 Å². The van der Waals surface area contributed by atoms with Crippen molar-refractivity contribution < 1.29 is 8.78 Å². The molecule has 5 heteroatoms. The third-order valence-electron chi connectivity index (χ3n) is 2.77.